The van der Waals surface area contributed by atoms with Gasteiger partial charge in [0.15, 0.2) is 0 Å². The Labute approximate surface area is 152 Å². The third-order valence-corrected chi connectivity index (χ3v) is 5.85. The van der Waals surface area contributed by atoms with Gasteiger partial charge in [0.1, 0.15) is 4.88 Å². The zero-order chi connectivity index (χ0) is 18.0. The highest BCUT2D eigenvalue weighted by molar-refractivity contribution is 7.14. The van der Waals surface area contributed by atoms with E-state index in [4.69, 9.17) is 4.74 Å². The number of nitrogens with zero attached hydrogens (tertiary/aromatic N) is 2. The first-order chi connectivity index (χ1) is 12.0. The molecular formula is C19H24N2O3S. The molecule has 1 aromatic carbocycles. The number of aromatic nitrogens is 1. The Kier molecular flexibility index (Phi) is 5.22. The Morgan fingerprint density at radius 2 is 2.16 bits per heavy atom. The van der Waals surface area contributed by atoms with Crippen molar-refractivity contribution >= 4 is 17.2 Å². The third kappa shape index (κ3) is 3.61. The molecule has 0 radical (unpaired) electrons. The Morgan fingerprint density at radius 1 is 1.44 bits per heavy atom. The Balaban J connectivity index is 1.97. The highest BCUT2D eigenvalue weighted by Crippen LogP contribution is 2.33. The van der Waals surface area contributed by atoms with Crippen LogP contribution in [0.25, 0.3) is 11.3 Å². The predicted molar refractivity (Wildman–Crippen MR) is 98.8 cm³/mol. The number of benzene rings is 1. The van der Waals surface area contributed by atoms with Crippen LogP contribution < -0.4 is 0 Å². The lowest BCUT2D eigenvalue weighted by Crippen LogP contribution is -2.55. The molecule has 0 saturated carbocycles. The number of hydrogen-bond acceptors (Lipinski definition) is 5. The molecule has 2 heterocycles. The minimum Gasteiger partial charge on any atom is -0.394 e. The van der Waals surface area contributed by atoms with Crippen molar-refractivity contribution in [1.29, 1.82) is 0 Å². The van der Waals surface area contributed by atoms with Crippen molar-refractivity contribution in [3.05, 3.63) is 40.2 Å². The summed E-state index contributed by atoms with van der Waals surface area (Å²) in [5.74, 6) is -0.0773. The molecule has 2 atom stereocenters. The Bertz CT molecular complexity index is 746. The van der Waals surface area contributed by atoms with Gasteiger partial charge in [-0.2, -0.15) is 0 Å². The van der Waals surface area contributed by atoms with E-state index in [-0.39, 0.29) is 24.2 Å². The standard InChI is InChI=1S/C19H24N2O3S/c1-13-20-16(14-7-5-4-6-8-14)17(25-13)18(23)21-12-19(2,24-3)10-9-15(21)11-22/h4-8,15,22H,9-12H2,1-3H3. The van der Waals surface area contributed by atoms with Crippen LogP contribution in [0, 0.1) is 6.92 Å². The molecule has 25 heavy (non-hydrogen) atoms. The van der Waals surface area contributed by atoms with E-state index < -0.39 is 0 Å². The SMILES string of the molecule is COC1(C)CCC(CO)N(C(=O)c2sc(C)nc2-c2ccccc2)C1. The average Bonchev–Trinajstić information content (AvgIpc) is 3.03. The smallest absolute Gasteiger partial charge is 0.266 e. The van der Waals surface area contributed by atoms with Crippen molar-refractivity contribution in [2.75, 3.05) is 20.3 Å². The van der Waals surface area contributed by atoms with Gasteiger partial charge in [0.2, 0.25) is 0 Å². The summed E-state index contributed by atoms with van der Waals surface area (Å²) in [5, 5.41) is 10.6. The van der Waals surface area contributed by atoms with Gasteiger partial charge in [-0.25, -0.2) is 4.98 Å². The van der Waals surface area contributed by atoms with Crippen molar-refractivity contribution in [1.82, 2.24) is 9.88 Å². The molecule has 1 aliphatic heterocycles. The highest BCUT2D eigenvalue weighted by Gasteiger charge is 2.39. The zero-order valence-corrected chi connectivity index (χ0v) is 15.7. The molecule has 1 fully saturated rings. The number of rotatable bonds is 4. The van der Waals surface area contributed by atoms with E-state index in [2.05, 4.69) is 4.98 Å². The number of ether oxygens (including phenoxy) is 1. The second kappa shape index (κ2) is 7.23. The molecule has 2 aromatic rings. The molecular weight excluding hydrogens is 336 g/mol. The summed E-state index contributed by atoms with van der Waals surface area (Å²) in [6.07, 6.45) is 1.55. The second-order valence-corrected chi connectivity index (χ2v) is 7.94. The van der Waals surface area contributed by atoms with E-state index in [1.54, 1.807) is 12.0 Å². The lowest BCUT2D eigenvalue weighted by molar-refractivity contribution is -0.0653. The van der Waals surface area contributed by atoms with Gasteiger partial charge in [-0.1, -0.05) is 30.3 Å². The first kappa shape index (κ1) is 18.0. The Hall–Kier alpha value is -1.76. The van der Waals surface area contributed by atoms with Crippen molar-refractivity contribution in [2.45, 2.75) is 38.3 Å². The number of carbonyl (C=O) groups is 1. The molecule has 5 nitrogen and oxygen atoms in total. The van der Waals surface area contributed by atoms with Gasteiger partial charge in [0, 0.05) is 12.7 Å². The number of methoxy groups -OCH3 is 1. The van der Waals surface area contributed by atoms with Gasteiger partial charge in [0.05, 0.1) is 35.5 Å². The summed E-state index contributed by atoms with van der Waals surface area (Å²) >= 11 is 1.41. The normalized spacial score (nSPS) is 23.7. The quantitative estimate of drug-likeness (QED) is 0.910. The summed E-state index contributed by atoms with van der Waals surface area (Å²) in [7, 11) is 1.67. The van der Waals surface area contributed by atoms with Crippen molar-refractivity contribution < 1.29 is 14.6 Å². The van der Waals surface area contributed by atoms with Gasteiger partial charge in [0.25, 0.3) is 5.91 Å². The Morgan fingerprint density at radius 3 is 2.80 bits per heavy atom. The van der Waals surface area contributed by atoms with Crippen LogP contribution in [-0.4, -0.2) is 52.8 Å². The molecule has 0 aliphatic carbocycles. The number of likely N-dealkylation sites (tertiary alicyclic amines) is 1. The highest BCUT2D eigenvalue weighted by atomic mass is 32.1. The molecule has 0 bridgehead atoms. The molecule has 1 saturated heterocycles. The molecule has 1 aromatic heterocycles. The van der Waals surface area contributed by atoms with Crippen molar-refractivity contribution in [2.24, 2.45) is 0 Å². The number of carbonyl (C=O) groups excluding carboxylic acids is 1. The number of aliphatic hydroxyl groups excluding tert-OH is 1. The lowest BCUT2D eigenvalue weighted by Gasteiger charge is -2.43. The monoisotopic (exact) mass is 360 g/mol. The van der Waals surface area contributed by atoms with E-state index in [1.165, 1.54) is 11.3 Å². The summed E-state index contributed by atoms with van der Waals surface area (Å²) in [6, 6.07) is 9.58. The number of piperidine rings is 1. The zero-order valence-electron chi connectivity index (χ0n) is 14.9. The van der Waals surface area contributed by atoms with Crippen LogP contribution in [0.2, 0.25) is 0 Å². The van der Waals surface area contributed by atoms with Gasteiger partial charge in [-0.3, -0.25) is 4.79 Å². The maximum absolute atomic E-state index is 13.3. The largest absolute Gasteiger partial charge is 0.394 e. The molecule has 1 aliphatic rings. The molecule has 1 amide bonds. The fourth-order valence-electron chi connectivity index (χ4n) is 3.28. The first-order valence-corrected chi connectivity index (χ1v) is 9.29. The van der Waals surface area contributed by atoms with Crippen molar-refractivity contribution in [3.8, 4) is 11.3 Å². The third-order valence-electron chi connectivity index (χ3n) is 4.89. The number of amides is 1. The topological polar surface area (TPSA) is 62.7 Å². The maximum atomic E-state index is 13.3. The number of thiazole rings is 1. The molecule has 2 unspecified atom stereocenters. The van der Waals surface area contributed by atoms with Crippen LogP contribution >= 0.6 is 11.3 Å². The average molecular weight is 360 g/mol. The predicted octanol–water partition coefficient (Wildman–Crippen LogP) is 3.12. The van der Waals surface area contributed by atoms with E-state index in [0.717, 1.165) is 29.1 Å². The van der Waals surface area contributed by atoms with Crippen molar-refractivity contribution in [3.63, 3.8) is 0 Å². The van der Waals surface area contributed by atoms with Gasteiger partial charge in [-0.05, 0) is 26.7 Å². The minimum atomic E-state index is -0.381. The van der Waals surface area contributed by atoms with Crippen LogP contribution in [-0.2, 0) is 4.74 Å². The molecule has 134 valence electrons. The fraction of sp³-hybridized carbons (Fsp3) is 0.474. The molecule has 0 spiro atoms. The van der Waals surface area contributed by atoms with E-state index in [1.807, 2.05) is 44.2 Å². The van der Waals surface area contributed by atoms with Crippen LogP contribution in [0.15, 0.2) is 30.3 Å². The molecule has 3 rings (SSSR count). The van der Waals surface area contributed by atoms with Gasteiger partial charge in [-0.15, -0.1) is 11.3 Å². The number of aliphatic hydroxyl groups is 1. The van der Waals surface area contributed by atoms with Gasteiger partial charge < -0.3 is 14.7 Å². The second-order valence-electron chi connectivity index (χ2n) is 6.74. The summed E-state index contributed by atoms with van der Waals surface area (Å²) in [4.78, 5) is 20.3. The first-order valence-electron chi connectivity index (χ1n) is 8.47. The van der Waals surface area contributed by atoms with E-state index in [9.17, 15) is 9.90 Å². The summed E-state index contributed by atoms with van der Waals surface area (Å²) in [6.45, 7) is 4.35. The molecule has 1 N–H and O–H groups in total. The minimum absolute atomic E-state index is 0.0377. The molecule has 6 heteroatoms. The maximum Gasteiger partial charge on any atom is 0.266 e. The van der Waals surface area contributed by atoms with E-state index >= 15 is 0 Å². The van der Waals surface area contributed by atoms with Crippen LogP contribution in [0.1, 0.15) is 34.4 Å². The van der Waals surface area contributed by atoms with Crippen LogP contribution in [0.3, 0.4) is 0 Å². The lowest BCUT2D eigenvalue weighted by atomic mass is 9.90. The number of hydrogen-bond donors (Lipinski definition) is 1. The van der Waals surface area contributed by atoms with Crippen LogP contribution in [0.4, 0.5) is 0 Å². The summed E-state index contributed by atoms with van der Waals surface area (Å²) in [5.41, 5.74) is 1.27. The summed E-state index contributed by atoms with van der Waals surface area (Å²) < 4.78 is 5.62. The van der Waals surface area contributed by atoms with Gasteiger partial charge >= 0.3 is 0 Å². The van der Waals surface area contributed by atoms with Crippen LogP contribution in [0.5, 0.6) is 0 Å². The number of aryl methyl sites for hydroxylation is 1. The van der Waals surface area contributed by atoms with E-state index in [0.29, 0.717) is 11.4 Å². The fourth-order valence-corrected chi connectivity index (χ4v) is 4.18.